The van der Waals surface area contributed by atoms with Gasteiger partial charge in [0.15, 0.2) is 5.82 Å². The van der Waals surface area contributed by atoms with Gasteiger partial charge in [-0.25, -0.2) is 0 Å². The summed E-state index contributed by atoms with van der Waals surface area (Å²) in [5.41, 5.74) is 5.05. The maximum atomic E-state index is 11.2. The van der Waals surface area contributed by atoms with Crippen LogP contribution in [0.5, 0.6) is 0 Å². The summed E-state index contributed by atoms with van der Waals surface area (Å²) < 4.78 is 4.78. The van der Waals surface area contributed by atoms with Crippen molar-refractivity contribution in [1.82, 2.24) is 20.8 Å². The van der Waals surface area contributed by atoms with Crippen LogP contribution in [0.3, 0.4) is 0 Å². The van der Waals surface area contributed by atoms with Crippen molar-refractivity contribution >= 4 is 11.8 Å². The molecular formula is C8H13N5O3. The van der Waals surface area contributed by atoms with E-state index in [1.54, 1.807) is 6.92 Å². The molecule has 8 heteroatoms. The SMILES string of the molecule is Cc1noc(CNC(=O)CNC(=O)CN)n1. The van der Waals surface area contributed by atoms with Gasteiger partial charge in [-0.2, -0.15) is 4.98 Å². The second kappa shape index (κ2) is 5.81. The van der Waals surface area contributed by atoms with Gasteiger partial charge in [-0.05, 0) is 6.92 Å². The zero-order valence-corrected chi connectivity index (χ0v) is 8.82. The average molecular weight is 227 g/mol. The molecule has 4 N–H and O–H groups in total. The summed E-state index contributed by atoms with van der Waals surface area (Å²) in [6.07, 6.45) is 0. The third kappa shape index (κ3) is 4.05. The molecule has 0 aliphatic heterocycles. The minimum atomic E-state index is -0.385. The van der Waals surface area contributed by atoms with Crippen molar-refractivity contribution in [3.8, 4) is 0 Å². The normalized spacial score (nSPS) is 9.88. The van der Waals surface area contributed by atoms with Gasteiger partial charge in [-0.15, -0.1) is 0 Å². The van der Waals surface area contributed by atoms with E-state index >= 15 is 0 Å². The van der Waals surface area contributed by atoms with Gasteiger partial charge in [-0.3, -0.25) is 9.59 Å². The summed E-state index contributed by atoms with van der Waals surface area (Å²) in [7, 11) is 0. The number of hydrogen-bond acceptors (Lipinski definition) is 6. The third-order valence-corrected chi connectivity index (χ3v) is 1.64. The molecule has 0 fully saturated rings. The van der Waals surface area contributed by atoms with Crippen molar-refractivity contribution in [2.75, 3.05) is 13.1 Å². The van der Waals surface area contributed by atoms with E-state index in [0.717, 1.165) is 0 Å². The molecule has 0 aliphatic carbocycles. The van der Waals surface area contributed by atoms with Crippen LogP contribution in [0.4, 0.5) is 0 Å². The Morgan fingerprint density at radius 1 is 1.38 bits per heavy atom. The van der Waals surface area contributed by atoms with Crippen LogP contribution in [-0.4, -0.2) is 35.0 Å². The highest BCUT2D eigenvalue weighted by molar-refractivity contribution is 5.85. The largest absolute Gasteiger partial charge is 0.346 e. The van der Waals surface area contributed by atoms with E-state index in [4.69, 9.17) is 10.3 Å². The van der Waals surface area contributed by atoms with E-state index in [9.17, 15) is 9.59 Å². The first-order valence-corrected chi connectivity index (χ1v) is 4.64. The fourth-order valence-electron chi connectivity index (χ4n) is 0.900. The highest BCUT2D eigenvalue weighted by Crippen LogP contribution is 1.93. The summed E-state index contributed by atoms with van der Waals surface area (Å²) >= 11 is 0. The van der Waals surface area contributed by atoms with Crippen LogP contribution in [0.25, 0.3) is 0 Å². The monoisotopic (exact) mass is 227 g/mol. The van der Waals surface area contributed by atoms with Crippen LogP contribution < -0.4 is 16.4 Å². The molecule has 1 rings (SSSR count). The standard InChI is InChI=1S/C8H13N5O3/c1-5-12-8(16-13-5)4-11-7(15)3-10-6(14)2-9/h2-4,9H2,1H3,(H,10,14)(H,11,15). The van der Waals surface area contributed by atoms with Crippen molar-refractivity contribution in [2.45, 2.75) is 13.5 Å². The Labute approximate surface area is 91.6 Å². The lowest BCUT2D eigenvalue weighted by Crippen LogP contribution is -2.39. The smallest absolute Gasteiger partial charge is 0.246 e. The van der Waals surface area contributed by atoms with Crippen LogP contribution in [0.2, 0.25) is 0 Å². The molecule has 1 aromatic heterocycles. The second-order valence-corrected chi connectivity index (χ2v) is 2.99. The number of nitrogens with one attached hydrogen (secondary N) is 2. The summed E-state index contributed by atoms with van der Waals surface area (Å²) in [4.78, 5) is 25.8. The molecule has 8 nitrogen and oxygen atoms in total. The number of carbonyl (C=O) groups excluding carboxylic acids is 2. The molecule has 16 heavy (non-hydrogen) atoms. The molecule has 0 aliphatic rings. The Morgan fingerprint density at radius 2 is 2.12 bits per heavy atom. The Kier molecular flexibility index (Phi) is 4.40. The van der Waals surface area contributed by atoms with Crippen molar-refractivity contribution < 1.29 is 14.1 Å². The molecule has 0 aromatic carbocycles. The number of aromatic nitrogens is 2. The molecule has 0 bridgehead atoms. The lowest BCUT2D eigenvalue weighted by molar-refractivity contribution is -0.125. The Morgan fingerprint density at radius 3 is 2.69 bits per heavy atom. The topological polar surface area (TPSA) is 123 Å². The fraction of sp³-hybridized carbons (Fsp3) is 0.500. The molecular weight excluding hydrogens is 214 g/mol. The molecule has 88 valence electrons. The molecule has 0 radical (unpaired) electrons. The molecule has 0 saturated carbocycles. The Hall–Kier alpha value is -1.96. The zero-order valence-electron chi connectivity index (χ0n) is 8.82. The average Bonchev–Trinajstić information content (AvgIpc) is 2.69. The van der Waals surface area contributed by atoms with Gasteiger partial charge in [-0.1, -0.05) is 5.16 Å². The van der Waals surface area contributed by atoms with Gasteiger partial charge in [0.25, 0.3) is 0 Å². The Balaban J connectivity index is 2.22. The van der Waals surface area contributed by atoms with E-state index in [2.05, 4.69) is 20.8 Å². The lowest BCUT2D eigenvalue weighted by Gasteiger charge is -2.03. The predicted octanol–water partition coefficient (Wildman–Crippen LogP) is -1.93. The van der Waals surface area contributed by atoms with Crippen molar-refractivity contribution in [1.29, 1.82) is 0 Å². The predicted molar refractivity (Wildman–Crippen MR) is 52.9 cm³/mol. The maximum Gasteiger partial charge on any atom is 0.246 e. The molecule has 1 aromatic rings. The van der Waals surface area contributed by atoms with Gasteiger partial charge < -0.3 is 20.9 Å². The van der Waals surface area contributed by atoms with Crippen LogP contribution in [-0.2, 0) is 16.1 Å². The van der Waals surface area contributed by atoms with E-state index in [0.29, 0.717) is 11.7 Å². The van der Waals surface area contributed by atoms with Gasteiger partial charge in [0.1, 0.15) is 0 Å². The third-order valence-electron chi connectivity index (χ3n) is 1.64. The molecule has 0 spiro atoms. The molecule has 0 unspecified atom stereocenters. The molecule has 0 saturated heterocycles. The van der Waals surface area contributed by atoms with Crippen LogP contribution >= 0.6 is 0 Å². The number of amides is 2. The Bertz CT molecular complexity index is 376. The van der Waals surface area contributed by atoms with E-state index in [-0.39, 0.29) is 31.4 Å². The number of rotatable bonds is 5. The van der Waals surface area contributed by atoms with Crippen LogP contribution in [0.1, 0.15) is 11.7 Å². The number of carbonyl (C=O) groups is 2. The summed E-state index contributed by atoms with van der Waals surface area (Å²) in [6, 6.07) is 0. The minimum Gasteiger partial charge on any atom is -0.346 e. The fourth-order valence-corrected chi connectivity index (χ4v) is 0.900. The van der Waals surface area contributed by atoms with Gasteiger partial charge in [0, 0.05) is 0 Å². The minimum absolute atomic E-state index is 0.122. The van der Waals surface area contributed by atoms with Crippen LogP contribution in [0.15, 0.2) is 4.52 Å². The maximum absolute atomic E-state index is 11.2. The second-order valence-electron chi connectivity index (χ2n) is 2.99. The van der Waals surface area contributed by atoms with Gasteiger partial charge in [0.05, 0.1) is 19.6 Å². The van der Waals surface area contributed by atoms with E-state index < -0.39 is 0 Å². The van der Waals surface area contributed by atoms with E-state index in [1.807, 2.05) is 0 Å². The molecule has 2 amide bonds. The van der Waals surface area contributed by atoms with Gasteiger partial charge >= 0.3 is 0 Å². The van der Waals surface area contributed by atoms with Crippen molar-refractivity contribution in [3.05, 3.63) is 11.7 Å². The van der Waals surface area contributed by atoms with Crippen molar-refractivity contribution in [3.63, 3.8) is 0 Å². The molecule has 0 atom stereocenters. The highest BCUT2D eigenvalue weighted by Gasteiger charge is 2.06. The lowest BCUT2D eigenvalue weighted by atomic mass is 10.5. The van der Waals surface area contributed by atoms with Crippen LogP contribution in [0, 0.1) is 6.92 Å². The van der Waals surface area contributed by atoms with E-state index in [1.165, 1.54) is 0 Å². The summed E-state index contributed by atoms with van der Waals surface area (Å²) in [5.74, 6) is 0.0816. The first-order chi connectivity index (χ1) is 7.61. The summed E-state index contributed by atoms with van der Waals surface area (Å²) in [5, 5.41) is 8.39. The van der Waals surface area contributed by atoms with Crippen molar-refractivity contribution in [2.24, 2.45) is 5.73 Å². The number of aryl methyl sites for hydroxylation is 1. The summed E-state index contributed by atoms with van der Waals surface area (Å²) in [6.45, 7) is 1.55. The van der Waals surface area contributed by atoms with Gasteiger partial charge in [0.2, 0.25) is 17.7 Å². The first kappa shape index (κ1) is 12.1. The highest BCUT2D eigenvalue weighted by atomic mass is 16.5. The number of nitrogens with two attached hydrogens (primary N) is 1. The molecule has 1 heterocycles. The zero-order chi connectivity index (χ0) is 12.0. The number of nitrogens with zero attached hydrogens (tertiary/aromatic N) is 2. The quantitative estimate of drug-likeness (QED) is 0.538. The number of hydrogen-bond donors (Lipinski definition) is 3. The first-order valence-electron chi connectivity index (χ1n) is 4.64.